The van der Waals surface area contributed by atoms with Crippen LogP contribution in [0.5, 0.6) is 0 Å². The van der Waals surface area contributed by atoms with Gasteiger partial charge in [0.2, 0.25) is 5.91 Å². The standard InChI is InChI=1S/C23H36N4O2/c1-17-8-6-13-26(18(17)2)23(29)16-25-11-7-9-19(15-25)20-14-22(28)27-12-5-3-4-10-21(27)24-20/h14,17-19H,3-13,15-16H2,1-2H3/t17-,18-,19-/m1/s1. The lowest BCUT2D eigenvalue weighted by atomic mass is 9.91. The van der Waals surface area contributed by atoms with E-state index in [1.807, 2.05) is 4.57 Å². The fourth-order valence-corrected chi connectivity index (χ4v) is 5.35. The van der Waals surface area contributed by atoms with Crippen LogP contribution in [0, 0.1) is 5.92 Å². The Morgan fingerprint density at radius 1 is 1.07 bits per heavy atom. The summed E-state index contributed by atoms with van der Waals surface area (Å²) in [6.45, 7) is 8.43. The Kier molecular flexibility index (Phi) is 6.38. The van der Waals surface area contributed by atoms with Crippen molar-refractivity contribution in [3.63, 3.8) is 0 Å². The number of hydrogen-bond donors (Lipinski definition) is 0. The molecular formula is C23H36N4O2. The number of hydrogen-bond acceptors (Lipinski definition) is 4. The number of amides is 1. The normalized spacial score (nSPS) is 28.6. The second kappa shape index (κ2) is 8.99. The fourth-order valence-electron chi connectivity index (χ4n) is 5.35. The molecular weight excluding hydrogens is 364 g/mol. The molecule has 4 heterocycles. The third-order valence-corrected chi connectivity index (χ3v) is 7.37. The van der Waals surface area contributed by atoms with Crippen molar-refractivity contribution >= 4 is 5.91 Å². The van der Waals surface area contributed by atoms with Crippen molar-refractivity contribution < 1.29 is 4.79 Å². The Morgan fingerprint density at radius 3 is 2.76 bits per heavy atom. The number of carbonyl (C=O) groups is 1. The molecule has 6 heteroatoms. The zero-order valence-electron chi connectivity index (χ0n) is 18.1. The minimum atomic E-state index is 0.108. The van der Waals surface area contributed by atoms with E-state index in [2.05, 4.69) is 23.6 Å². The molecule has 6 nitrogen and oxygen atoms in total. The van der Waals surface area contributed by atoms with E-state index in [9.17, 15) is 9.59 Å². The van der Waals surface area contributed by atoms with Crippen LogP contribution in [0.4, 0.5) is 0 Å². The van der Waals surface area contributed by atoms with Crippen molar-refractivity contribution in [3.8, 4) is 0 Å². The maximum atomic E-state index is 13.0. The molecule has 4 rings (SSSR count). The van der Waals surface area contributed by atoms with Gasteiger partial charge in [-0.15, -0.1) is 0 Å². The molecule has 3 aliphatic heterocycles. The summed E-state index contributed by atoms with van der Waals surface area (Å²) in [4.78, 5) is 34.9. The van der Waals surface area contributed by atoms with Gasteiger partial charge in [0, 0.05) is 44.1 Å². The molecule has 0 unspecified atom stereocenters. The van der Waals surface area contributed by atoms with Crippen molar-refractivity contribution in [2.24, 2.45) is 5.92 Å². The molecule has 0 N–H and O–H groups in total. The first-order chi connectivity index (χ1) is 14.0. The highest BCUT2D eigenvalue weighted by molar-refractivity contribution is 5.78. The molecule has 0 saturated carbocycles. The maximum Gasteiger partial charge on any atom is 0.253 e. The highest BCUT2D eigenvalue weighted by Gasteiger charge is 2.31. The van der Waals surface area contributed by atoms with Crippen LogP contribution in [-0.4, -0.2) is 57.5 Å². The molecule has 1 amide bonds. The second-order valence-corrected chi connectivity index (χ2v) is 9.42. The summed E-state index contributed by atoms with van der Waals surface area (Å²) >= 11 is 0. The van der Waals surface area contributed by atoms with Gasteiger partial charge in [-0.05, 0) is 57.9 Å². The van der Waals surface area contributed by atoms with Crippen molar-refractivity contribution in [3.05, 3.63) is 27.9 Å². The van der Waals surface area contributed by atoms with Crippen LogP contribution in [-0.2, 0) is 17.8 Å². The summed E-state index contributed by atoms with van der Waals surface area (Å²) in [6.07, 6.45) is 8.71. The van der Waals surface area contributed by atoms with Gasteiger partial charge < -0.3 is 4.90 Å². The topological polar surface area (TPSA) is 58.4 Å². The largest absolute Gasteiger partial charge is 0.339 e. The monoisotopic (exact) mass is 400 g/mol. The Bertz CT molecular complexity index is 790. The molecule has 0 bridgehead atoms. The highest BCUT2D eigenvalue weighted by atomic mass is 16.2. The molecule has 0 aromatic carbocycles. The van der Waals surface area contributed by atoms with Gasteiger partial charge in [0.05, 0.1) is 12.2 Å². The number of aromatic nitrogens is 2. The van der Waals surface area contributed by atoms with Crippen LogP contribution in [0.2, 0.25) is 0 Å². The summed E-state index contributed by atoms with van der Waals surface area (Å²) in [5.74, 6) is 2.07. The SMILES string of the molecule is C[C@@H]1CCCN(C(=O)CN2CCC[C@@H](c3cc(=O)n4c(n3)CCCCC4)C2)[C@@H]1C. The van der Waals surface area contributed by atoms with Crippen LogP contribution in [0.1, 0.15) is 76.2 Å². The molecule has 29 heavy (non-hydrogen) atoms. The third kappa shape index (κ3) is 4.57. The Hall–Kier alpha value is -1.69. The number of piperidine rings is 2. The number of likely N-dealkylation sites (tertiary alicyclic amines) is 2. The number of nitrogens with zero attached hydrogens (tertiary/aromatic N) is 4. The van der Waals surface area contributed by atoms with Gasteiger partial charge in [-0.3, -0.25) is 19.1 Å². The van der Waals surface area contributed by atoms with E-state index in [4.69, 9.17) is 4.98 Å². The lowest BCUT2D eigenvalue weighted by molar-refractivity contribution is -0.137. The molecule has 2 fully saturated rings. The number of aryl methyl sites for hydroxylation is 1. The number of rotatable bonds is 3. The van der Waals surface area contributed by atoms with E-state index in [0.717, 1.165) is 76.2 Å². The number of carbonyl (C=O) groups excluding carboxylic acids is 1. The Balaban J connectivity index is 1.43. The van der Waals surface area contributed by atoms with Gasteiger partial charge in [0.15, 0.2) is 0 Å². The van der Waals surface area contributed by atoms with Gasteiger partial charge >= 0.3 is 0 Å². The smallest absolute Gasteiger partial charge is 0.253 e. The zero-order valence-corrected chi connectivity index (χ0v) is 18.1. The van der Waals surface area contributed by atoms with Crippen LogP contribution in [0.25, 0.3) is 0 Å². The average molecular weight is 401 g/mol. The lowest BCUT2D eigenvalue weighted by Crippen LogP contribution is -2.50. The van der Waals surface area contributed by atoms with Crippen molar-refractivity contribution in [2.75, 3.05) is 26.2 Å². The van der Waals surface area contributed by atoms with Gasteiger partial charge in [0.1, 0.15) is 5.82 Å². The first kappa shape index (κ1) is 20.6. The Morgan fingerprint density at radius 2 is 1.90 bits per heavy atom. The van der Waals surface area contributed by atoms with E-state index < -0.39 is 0 Å². The summed E-state index contributed by atoms with van der Waals surface area (Å²) in [5.41, 5.74) is 1.05. The lowest BCUT2D eigenvalue weighted by Gasteiger charge is -2.40. The second-order valence-electron chi connectivity index (χ2n) is 9.42. The molecule has 1 aromatic rings. The van der Waals surface area contributed by atoms with Crippen molar-refractivity contribution in [2.45, 2.75) is 83.7 Å². The third-order valence-electron chi connectivity index (χ3n) is 7.37. The van der Waals surface area contributed by atoms with Crippen LogP contribution >= 0.6 is 0 Å². The minimum Gasteiger partial charge on any atom is -0.339 e. The molecule has 3 atom stereocenters. The van der Waals surface area contributed by atoms with Crippen molar-refractivity contribution in [1.29, 1.82) is 0 Å². The molecule has 0 aliphatic carbocycles. The Labute approximate surface area is 174 Å². The first-order valence-electron chi connectivity index (χ1n) is 11.7. The molecule has 160 valence electrons. The predicted octanol–water partition coefficient (Wildman–Crippen LogP) is 2.80. The summed E-state index contributed by atoms with van der Waals surface area (Å²) in [6, 6.07) is 2.10. The van der Waals surface area contributed by atoms with E-state index in [-0.39, 0.29) is 17.4 Å². The minimum absolute atomic E-state index is 0.108. The van der Waals surface area contributed by atoms with Crippen LogP contribution < -0.4 is 5.56 Å². The van der Waals surface area contributed by atoms with Crippen LogP contribution in [0.3, 0.4) is 0 Å². The zero-order chi connectivity index (χ0) is 20.4. The van der Waals surface area contributed by atoms with Crippen molar-refractivity contribution in [1.82, 2.24) is 19.4 Å². The summed E-state index contributed by atoms with van der Waals surface area (Å²) < 4.78 is 1.87. The van der Waals surface area contributed by atoms with E-state index in [1.165, 1.54) is 12.8 Å². The molecule has 2 saturated heterocycles. The van der Waals surface area contributed by atoms with E-state index in [0.29, 0.717) is 18.5 Å². The average Bonchev–Trinajstić information content (AvgIpc) is 2.96. The summed E-state index contributed by atoms with van der Waals surface area (Å²) in [5, 5.41) is 0. The number of fused-ring (bicyclic) bond motifs is 1. The van der Waals surface area contributed by atoms with Gasteiger partial charge in [-0.25, -0.2) is 4.98 Å². The predicted molar refractivity (Wildman–Crippen MR) is 114 cm³/mol. The highest BCUT2D eigenvalue weighted by Crippen LogP contribution is 2.27. The molecule has 0 spiro atoms. The quantitative estimate of drug-likeness (QED) is 0.783. The summed E-state index contributed by atoms with van der Waals surface area (Å²) in [7, 11) is 0. The first-order valence-corrected chi connectivity index (χ1v) is 11.7. The van der Waals surface area contributed by atoms with E-state index in [1.54, 1.807) is 6.07 Å². The van der Waals surface area contributed by atoms with Gasteiger partial charge in [-0.1, -0.05) is 13.3 Å². The van der Waals surface area contributed by atoms with Crippen LogP contribution in [0.15, 0.2) is 10.9 Å². The molecule has 3 aliphatic rings. The fraction of sp³-hybridized carbons (Fsp3) is 0.783. The van der Waals surface area contributed by atoms with Gasteiger partial charge in [0.25, 0.3) is 5.56 Å². The molecule has 1 aromatic heterocycles. The van der Waals surface area contributed by atoms with Gasteiger partial charge in [-0.2, -0.15) is 0 Å². The maximum absolute atomic E-state index is 13.0. The van der Waals surface area contributed by atoms with E-state index >= 15 is 0 Å². The molecule has 0 radical (unpaired) electrons.